The van der Waals surface area contributed by atoms with E-state index in [0.29, 0.717) is 0 Å². The maximum atomic E-state index is 2.62. The lowest BCUT2D eigenvalue weighted by Crippen LogP contribution is -2.43. The summed E-state index contributed by atoms with van der Waals surface area (Å²) < 4.78 is 0. The van der Waals surface area contributed by atoms with E-state index in [1.54, 1.807) is 5.57 Å². The molecule has 0 aromatic heterocycles. The van der Waals surface area contributed by atoms with Crippen molar-refractivity contribution in [1.29, 1.82) is 0 Å². The lowest BCUT2D eigenvalue weighted by atomic mass is 9.78. The molecule has 3 aliphatic rings. The third kappa shape index (κ3) is 3.61. The Balaban J connectivity index is 1.80. The first-order valence-corrected chi connectivity index (χ1v) is 10.0. The highest BCUT2D eigenvalue weighted by atomic mass is 15.1. The van der Waals surface area contributed by atoms with Gasteiger partial charge in [0.2, 0.25) is 0 Å². The van der Waals surface area contributed by atoms with Crippen LogP contribution in [-0.4, -0.2) is 52.7 Å². The van der Waals surface area contributed by atoms with Gasteiger partial charge in [-0.15, -0.1) is 0 Å². The van der Waals surface area contributed by atoms with E-state index in [-0.39, 0.29) is 0 Å². The molecule has 2 aromatic rings. The molecule has 0 atom stereocenters. The van der Waals surface area contributed by atoms with E-state index in [0.717, 1.165) is 12.5 Å². The fraction of sp³-hybridized carbons (Fsp3) is 0.417. The van der Waals surface area contributed by atoms with Crippen molar-refractivity contribution in [1.82, 2.24) is 4.90 Å². The Labute approximate surface area is 163 Å². The van der Waals surface area contributed by atoms with Crippen molar-refractivity contribution < 1.29 is 0 Å². The first-order chi connectivity index (χ1) is 13.0. The first kappa shape index (κ1) is 18.1. The molecule has 3 nitrogen and oxygen atoms in total. The average molecular weight is 362 g/mol. The molecule has 0 radical (unpaired) electrons. The molecule has 3 aliphatic heterocycles. The molecule has 3 saturated heterocycles. The molecule has 0 saturated carbocycles. The highest BCUT2D eigenvalue weighted by molar-refractivity contribution is 5.84. The van der Waals surface area contributed by atoms with Crippen LogP contribution >= 0.6 is 0 Å². The quantitative estimate of drug-likeness (QED) is 0.802. The summed E-state index contributed by atoms with van der Waals surface area (Å²) in [6, 6.07) is 18.2. The number of fused-ring (bicyclic) bond motifs is 3. The van der Waals surface area contributed by atoms with Crippen LogP contribution in [0.25, 0.3) is 5.57 Å². The predicted octanol–water partition coefficient (Wildman–Crippen LogP) is 4.35. The van der Waals surface area contributed by atoms with Crippen LogP contribution in [0.5, 0.6) is 0 Å². The van der Waals surface area contributed by atoms with E-state index in [9.17, 15) is 0 Å². The number of anilines is 2. The Bertz CT molecular complexity index is 754. The molecule has 2 bridgehead atoms. The molecular formula is C24H31N3. The molecule has 0 aliphatic carbocycles. The van der Waals surface area contributed by atoms with Crippen LogP contribution in [0.2, 0.25) is 0 Å². The Morgan fingerprint density at radius 3 is 1.52 bits per heavy atom. The normalized spacial score (nSPS) is 21.3. The zero-order valence-electron chi connectivity index (χ0n) is 17.1. The van der Waals surface area contributed by atoms with E-state index in [2.05, 4.69) is 91.4 Å². The van der Waals surface area contributed by atoms with E-state index >= 15 is 0 Å². The second-order valence-electron chi connectivity index (χ2n) is 8.33. The number of benzene rings is 2. The van der Waals surface area contributed by atoms with Crippen molar-refractivity contribution >= 4 is 16.9 Å². The summed E-state index contributed by atoms with van der Waals surface area (Å²) in [4.78, 5) is 6.95. The smallest absolute Gasteiger partial charge is 0.0361 e. The van der Waals surface area contributed by atoms with Crippen LogP contribution in [0.15, 0.2) is 54.1 Å². The Kier molecular flexibility index (Phi) is 4.96. The van der Waals surface area contributed by atoms with Crippen molar-refractivity contribution in [2.75, 3.05) is 57.6 Å². The highest BCUT2D eigenvalue weighted by Gasteiger charge is 2.32. The van der Waals surface area contributed by atoms with E-state index in [1.807, 2.05) is 0 Å². The van der Waals surface area contributed by atoms with Crippen LogP contribution in [0.4, 0.5) is 11.4 Å². The van der Waals surface area contributed by atoms with Crippen LogP contribution in [-0.2, 0) is 0 Å². The van der Waals surface area contributed by atoms with Gasteiger partial charge >= 0.3 is 0 Å². The molecule has 5 rings (SSSR count). The number of nitrogens with zero attached hydrogens (tertiary/aromatic N) is 3. The van der Waals surface area contributed by atoms with Gasteiger partial charge in [0.15, 0.2) is 0 Å². The molecule has 3 heterocycles. The maximum Gasteiger partial charge on any atom is 0.0361 e. The Hall–Kier alpha value is -2.26. The van der Waals surface area contributed by atoms with Crippen LogP contribution < -0.4 is 9.80 Å². The molecule has 0 unspecified atom stereocenters. The van der Waals surface area contributed by atoms with Crippen molar-refractivity contribution in [2.45, 2.75) is 12.8 Å². The monoisotopic (exact) mass is 361 g/mol. The van der Waals surface area contributed by atoms with Crippen molar-refractivity contribution in [3.8, 4) is 0 Å². The summed E-state index contributed by atoms with van der Waals surface area (Å²) >= 11 is 0. The number of rotatable bonds is 4. The maximum absolute atomic E-state index is 2.62. The Morgan fingerprint density at radius 1 is 0.741 bits per heavy atom. The largest absolute Gasteiger partial charge is 0.378 e. The SMILES string of the molecule is CN(C)c1ccc(C(=C2CN3CCC2CC3)c2ccc(N(C)C)cc2)cc1. The molecule has 3 heteroatoms. The first-order valence-electron chi connectivity index (χ1n) is 10.0. The van der Waals surface area contributed by atoms with Crippen LogP contribution in [0, 0.1) is 5.92 Å². The van der Waals surface area contributed by atoms with Crippen molar-refractivity contribution in [3.63, 3.8) is 0 Å². The number of hydrogen-bond acceptors (Lipinski definition) is 3. The lowest BCUT2D eigenvalue weighted by Gasteiger charge is -2.42. The minimum Gasteiger partial charge on any atom is -0.378 e. The van der Waals surface area contributed by atoms with Crippen LogP contribution in [0.1, 0.15) is 24.0 Å². The zero-order chi connectivity index (χ0) is 19.0. The predicted molar refractivity (Wildman–Crippen MR) is 117 cm³/mol. The third-order valence-corrected chi connectivity index (χ3v) is 6.14. The summed E-state index contributed by atoms with van der Waals surface area (Å²) in [5.41, 5.74) is 8.30. The second kappa shape index (κ2) is 7.40. The van der Waals surface area contributed by atoms with Gasteiger partial charge in [-0.3, -0.25) is 4.90 Å². The number of piperidine rings is 3. The molecule has 2 aromatic carbocycles. The van der Waals surface area contributed by atoms with Gasteiger partial charge in [-0.25, -0.2) is 0 Å². The van der Waals surface area contributed by atoms with Crippen molar-refractivity contribution in [2.24, 2.45) is 5.92 Å². The summed E-state index contributed by atoms with van der Waals surface area (Å²) in [7, 11) is 8.40. The van der Waals surface area contributed by atoms with Gasteiger partial charge in [0, 0.05) is 46.1 Å². The van der Waals surface area contributed by atoms with Gasteiger partial charge in [0.1, 0.15) is 0 Å². The van der Waals surface area contributed by atoms with E-state index in [4.69, 9.17) is 0 Å². The van der Waals surface area contributed by atoms with Gasteiger partial charge in [-0.2, -0.15) is 0 Å². The molecule has 142 valence electrons. The minimum absolute atomic E-state index is 0.743. The third-order valence-electron chi connectivity index (χ3n) is 6.14. The number of hydrogen-bond donors (Lipinski definition) is 0. The minimum atomic E-state index is 0.743. The topological polar surface area (TPSA) is 9.72 Å². The van der Waals surface area contributed by atoms with Gasteiger partial charge in [-0.1, -0.05) is 24.3 Å². The molecule has 3 fully saturated rings. The van der Waals surface area contributed by atoms with E-state index < -0.39 is 0 Å². The highest BCUT2D eigenvalue weighted by Crippen LogP contribution is 2.40. The van der Waals surface area contributed by atoms with E-state index in [1.165, 1.54) is 54.0 Å². The summed E-state index contributed by atoms with van der Waals surface area (Å²) in [6.45, 7) is 3.66. The lowest BCUT2D eigenvalue weighted by molar-refractivity contribution is 0.162. The van der Waals surface area contributed by atoms with Crippen molar-refractivity contribution in [3.05, 3.63) is 65.2 Å². The summed E-state index contributed by atoms with van der Waals surface area (Å²) in [5, 5.41) is 0. The molecule has 27 heavy (non-hydrogen) atoms. The summed E-state index contributed by atoms with van der Waals surface area (Å²) in [5.74, 6) is 0.743. The average Bonchev–Trinajstić information content (AvgIpc) is 2.70. The fourth-order valence-corrected chi connectivity index (χ4v) is 4.48. The van der Waals surface area contributed by atoms with Gasteiger partial charge in [0.25, 0.3) is 0 Å². The molecular weight excluding hydrogens is 330 g/mol. The molecule has 0 spiro atoms. The van der Waals surface area contributed by atoms with Crippen LogP contribution in [0.3, 0.4) is 0 Å². The molecule has 0 N–H and O–H groups in total. The van der Waals surface area contributed by atoms with Gasteiger partial charge in [-0.05, 0) is 78.4 Å². The fourth-order valence-electron chi connectivity index (χ4n) is 4.48. The Morgan fingerprint density at radius 2 is 1.19 bits per heavy atom. The van der Waals surface area contributed by atoms with Gasteiger partial charge < -0.3 is 9.80 Å². The summed E-state index contributed by atoms with van der Waals surface area (Å²) in [6.07, 6.45) is 2.62. The molecule has 0 amide bonds. The second-order valence-corrected chi connectivity index (χ2v) is 8.33. The van der Waals surface area contributed by atoms with Gasteiger partial charge in [0.05, 0.1) is 0 Å². The zero-order valence-corrected chi connectivity index (χ0v) is 17.1. The standard InChI is InChI=1S/C24H31N3/c1-25(2)21-9-5-19(6-10-21)24(20-7-11-22(12-8-20)26(3)4)23-17-27-15-13-18(23)14-16-27/h5-12,18H,13-17H2,1-4H3.